The quantitative estimate of drug-likeness (QED) is 0.477. The molecule has 5 rings (SSSR count). The van der Waals surface area contributed by atoms with Crippen LogP contribution in [0, 0.1) is 11.6 Å². The SMILES string of the molecule is COc1ccc(N2C(=O)c3oc4ccc(F)cc4c(=O)c3C2c2ccccc2F)cc1. The van der Waals surface area contributed by atoms with Crippen molar-refractivity contribution in [2.45, 2.75) is 6.04 Å². The van der Waals surface area contributed by atoms with E-state index in [9.17, 15) is 18.4 Å². The van der Waals surface area contributed by atoms with Crippen LogP contribution in [-0.2, 0) is 0 Å². The van der Waals surface area contributed by atoms with Gasteiger partial charge in [-0.15, -0.1) is 0 Å². The Labute approximate surface area is 175 Å². The van der Waals surface area contributed by atoms with Crippen LogP contribution in [0.4, 0.5) is 14.5 Å². The summed E-state index contributed by atoms with van der Waals surface area (Å²) in [6.45, 7) is 0. The highest BCUT2D eigenvalue weighted by atomic mass is 19.1. The van der Waals surface area contributed by atoms with Gasteiger partial charge in [0.15, 0.2) is 5.43 Å². The molecule has 0 saturated heterocycles. The van der Waals surface area contributed by atoms with Crippen LogP contribution < -0.4 is 15.1 Å². The summed E-state index contributed by atoms with van der Waals surface area (Å²) in [7, 11) is 1.52. The first-order valence-electron chi connectivity index (χ1n) is 9.48. The molecule has 1 aromatic heterocycles. The Morgan fingerprint density at radius 3 is 2.42 bits per heavy atom. The smallest absolute Gasteiger partial charge is 0.295 e. The summed E-state index contributed by atoms with van der Waals surface area (Å²) in [5.74, 6) is -1.39. The van der Waals surface area contributed by atoms with Crippen LogP contribution in [0.3, 0.4) is 0 Å². The Morgan fingerprint density at radius 2 is 1.71 bits per heavy atom. The van der Waals surface area contributed by atoms with Crippen molar-refractivity contribution in [3.63, 3.8) is 0 Å². The van der Waals surface area contributed by atoms with E-state index in [-0.39, 0.29) is 27.9 Å². The molecule has 0 fully saturated rings. The minimum Gasteiger partial charge on any atom is -0.497 e. The number of methoxy groups -OCH3 is 1. The molecule has 31 heavy (non-hydrogen) atoms. The highest BCUT2D eigenvalue weighted by Gasteiger charge is 2.44. The van der Waals surface area contributed by atoms with Crippen LogP contribution in [0.5, 0.6) is 5.75 Å². The fourth-order valence-electron chi connectivity index (χ4n) is 3.95. The van der Waals surface area contributed by atoms with Crippen LogP contribution >= 0.6 is 0 Å². The number of anilines is 1. The van der Waals surface area contributed by atoms with Gasteiger partial charge in [0.1, 0.15) is 23.0 Å². The van der Waals surface area contributed by atoms with Crippen molar-refractivity contribution in [3.05, 3.63) is 105 Å². The van der Waals surface area contributed by atoms with Crippen LogP contribution in [0.2, 0.25) is 0 Å². The number of benzene rings is 3. The molecule has 0 saturated carbocycles. The maximum atomic E-state index is 14.8. The minimum atomic E-state index is -1.07. The molecule has 1 atom stereocenters. The lowest BCUT2D eigenvalue weighted by Crippen LogP contribution is -2.30. The number of halogens is 2. The molecule has 4 aromatic rings. The number of nitrogens with zero attached hydrogens (tertiary/aromatic N) is 1. The lowest BCUT2D eigenvalue weighted by Gasteiger charge is -2.25. The van der Waals surface area contributed by atoms with Gasteiger partial charge in [-0.2, -0.15) is 0 Å². The van der Waals surface area contributed by atoms with E-state index in [0.717, 1.165) is 12.1 Å². The van der Waals surface area contributed by atoms with Crippen molar-refractivity contribution in [2.24, 2.45) is 0 Å². The molecule has 0 radical (unpaired) electrons. The van der Waals surface area contributed by atoms with E-state index in [1.54, 1.807) is 30.3 Å². The van der Waals surface area contributed by atoms with E-state index < -0.39 is 29.0 Å². The molecule has 154 valence electrons. The van der Waals surface area contributed by atoms with Crippen molar-refractivity contribution < 1.29 is 22.7 Å². The average molecular weight is 419 g/mol. The number of hydrogen-bond acceptors (Lipinski definition) is 4. The predicted molar refractivity (Wildman–Crippen MR) is 110 cm³/mol. The summed E-state index contributed by atoms with van der Waals surface area (Å²) in [5.41, 5.74) is 0.0494. The van der Waals surface area contributed by atoms with Crippen LogP contribution in [0.15, 0.2) is 75.9 Å². The molecule has 0 N–H and O–H groups in total. The molecule has 2 heterocycles. The number of hydrogen-bond donors (Lipinski definition) is 0. The third-order valence-electron chi connectivity index (χ3n) is 5.38. The maximum Gasteiger partial charge on any atom is 0.295 e. The third-order valence-corrected chi connectivity index (χ3v) is 5.38. The van der Waals surface area contributed by atoms with Crippen molar-refractivity contribution in [1.82, 2.24) is 0 Å². The first-order valence-corrected chi connectivity index (χ1v) is 9.48. The Bertz CT molecular complexity index is 1400. The lowest BCUT2D eigenvalue weighted by atomic mass is 9.97. The van der Waals surface area contributed by atoms with E-state index in [2.05, 4.69) is 0 Å². The first-order chi connectivity index (χ1) is 15.0. The molecular formula is C24H15F2NO4. The molecule has 1 aliphatic rings. The Morgan fingerprint density at radius 1 is 0.968 bits per heavy atom. The van der Waals surface area contributed by atoms with Crippen molar-refractivity contribution >= 4 is 22.6 Å². The predicted octanol–water partition coefficient (Wildman–Crippen LogP) is 4.83. The van der Waals surface area contributed by atoms with E-state index in [1.165, 1.54) is 36.3 Å². The van der Waals surface area contributed by atoms with Gasteiger partial charge < -0.3 is 9.15 Å². The molecule has 3 aromatic carbocycles. The summed E-state index contributed by atoms with van der Waals surface area (Å²) >= 11 is 0. The average Bonchev–Trinajstić information content (AvgIpc) is 3.07. The number of ether oxygens (including phenoxy) is 1. The van der Waals surface area contributed by atoms with Crippen LogP contribution in [0.1, 0.15) is 27.7 Å². The Balaban J connectivity index is 1.81. The van der Waals surface area contributed by atoms with E-state index in [4.69, 9.17) is 9.15 Å². The Hall–Kier alpha value is -4.00. The zero-order valence-electron chi connectivity index (χ0n) is 16.3. The van der Waals surface area contributed by atoms with Gasteiger partial charge in [0.05, 0.1) is 24.1 Å². The van der Waals surface area contributed by atoms with Crippen LogP contribution in [0.25, 0.3) is 11.0 Å². The summed E-state index contributed by atoms with van der Waals surface area (Å²) in [6.07, 6.45) is 0. The number of rotatable bonds is 3. The lowest BCUT2D eigenvalue weighted by molar-refractivity contribution is 0.0970. The molecule has 1 unspecified atom stereocenters. The molecule has 0 aliphatic carbocycles. The summed E-state index contributed by atoms with van der Waals surface area (Å²) in [5, 5.41) is -0.00975. The van der Waals surface area contributed by atoms with Gasteiger partial charge in [-0.05, 0) is 48.5 Å². The van der Waals surface area contributed by atoms with Gasteiger partial charge in [-0.25, -0.2) is 8.78 Å². The molecule has 7 heteroatoms. The number of amides is 1. The first kappa shape index (κ1) is 19.0. The van der Waals surface area contributed by atoms with E-state index in [1.807, 2.05) is 0 Å². The fraction of sp³-hybridized carbons (Fsp3) is 0.0833. The van der Waals surface area contributed by atoms with Crippen molar-refractivity contribution in [2.75, 3.05) is 12.0 Å². The second-order valence-corrected chi connectivity index (χ2v) is 7.11. The zero-order valence-corrected chi connectivity index (χ0v) is 16.3. The molecule has 0 bridgehead atoms. The van der Waals surface area contributed by atoms with Gasteiger partial charge in [0.2, 0.25) is 5.76 Å². The normalized spacial score (nSPS) is 15.4. The van der Waals surface area contributed by atoms with Crippen LogP contribution in [-0.4, -0.2) is 13.0 Å². The standard InChI is InChI=1S/C24H15F2NO4/c1-30-15-9-7-14(8-10-15)27-21(16-4-2-3-5-18(16)26)20-22(28)17-12-13(25)6-11-19(17)31-23(20)24(27)29/h2-12,21H,1H3. The van der Waals surface area contributed by atoms with Gasteiger partial charge >= 0.3 is 0 Å². The molecule has 5 nitrogen and oxygen atoms in total. The highest BCUT2D eigenvalue weighted by Crippen LogP contribution is 2.42. The van der Waals surface area contributed by atoms with Gasteiger partial charge in [-0.1, -0.05) is 18.2 Å². The summed E-state index contributed by atoms with van der Waals surface area (Å²) in [4.78, 5) is 28.0. The minimum absolute atomic E-state index is 0.00975. The number of fused-ring (bicyclic) bond motifs is 2. The maximum absolute atomic E-state index is 14.8. The van der Waals surface area contributed by atoms with E-state index in [0.29, 0.717) is 11.4 Å². The Kier molecular flexibility index (Phi) is 4.32. The third kappa shape index (κ3) is 2.89. The van der Waals surface area contributed by atoms with E-state index >= 15 is 0 Å². The number of carbonyl (C=O) groups is 1. The van der Waals surface area contributed by atoms with Crippen molar-refractivity contribution in [1.29, 1.82) is 0 Å². The second kappa shape index (κ2) is 7.05. The molecule has 1 amide bonds. The summed E-state index contributed by atoms with van der Waals surface area (Å²) in [6, 6.07) is 14.9. The van der Waals surface area contributed by atoms with Gasteiger partial charge in [0.25, 0.3) is 5.91 Å². The molecule has 1 aliphatic heterocycles. The van der Waals surface area contributed by atoms with Gasteiger partial charge in [0, 0.05) is 11.3 Å². The largest absolute Gasteiger partial charge is 0.497 e. The fourth-order valence-corrected chi connectivity index (χ4v) is 3.95. The van der Waals surface area contributed by atoms with Gasteiger partial charge in [-0.3, -0.25) is 14.5 Å². The molecular weight excluding hydrogens is 404 g/mol. The van der Waals surface area contributed by atoms with Crippen molar-refractivity contribution in [3.8, 4) is 5.75 Å². The highest BCUT2D eigenvalue weighted by molar-refractivity contribution is 6.10. The monoisotopic (exact) mass is 419 g/mol. The number of carbonyl (C=O) groups excluding carboxylic acids is 1. The topological polar surface area (TPSA) is 59.8 Å². The second-order valence-electron chi connectivity index (χ2n) is 7.11. The molecule has 0 spiro atoms. The zero-order chi connectivity index (χ0) is 21.7. The summed E-state index contributed by atoms with van der Waals surface area (Å²) < 4.78 is 39.5.